The van der Waals surface area contributed by atoms with Gasteiger partial charge < -0.3 is 16.2 Å². The topological polar surface area (TPSA) is 58.3 Å². The third-order valence-corrected chi connectivity index (χ3v) is 4.79. The highest BCUT2D eigenvalue weighted by atomic mass is 16.2. The van der Waals surface area contributed by atoms with E-state index >= 15 is 0 Å². The van der Waals surface area contributed by atoms with Gasteiger partial charge in [0.25, 0.3) is 0 Å². The predicted octanol–water partition coefficient (Wildman–Crippen LogP) is 3.35. The van der Waals surface area contributed by atoms with Crippen molar-refractivity contribution >= 4 is 0 Å². The van der Waals surface area contributed by atoms with Gasteiger partial charge >= 0.3 is 0 Å². The number of hydrogen-bond acceptors (Lipinski definition) is 3. The number of nitrogens with one attached hydrogen (secondary N) is 1. The predicted molar refractivity (Wildman–Crippen MR) is 86.9 cm³/mol. The molecule has 120 valence electrons. The lowest BCUT2D eigenvalue weighted by molar-refractivity contribution is 0.252. The molecule has 20 heavy (non-hydrogen) atoms. The van der Waals surface area contributed by atoms with Crippen LogP contribution in [-0.2, 0) is 0 Å². The van der Waals surface area contributed by atoms with Crippen molar-refractivity contribution in [2.75, 3.05) is 19.7 Å². The largest absolute Gasteiger partial charge is 0.396 e. The Morgan fingerprint density at radius 2 is 1.30 bits per heavy atom. The van der Waals surface area contributed by atoms with Crippen LogP contribution in [0, 0.1) is 0 Å². The smallest absolute Gasteiger partial charge is 0.0431 e. The van der Waals surface area contributed by atoms with E-state index in [0.29, 0.717) is 6.61 Å². The van der Waals surface area contributed by atoms with Crippen molar-refractivity contribution in [1.82, 2.24) is 5.32 Å². The van der Waals surface area contributed by atoms with Crippen molar-refractivity contribution in [1.29, 1.82) is 0 Å². The Hall–Kier alpha value is -0.120. The number of hydrogen-bond donors (Lipinski definition) is 3. The molecule has 0 aliphatic heterocycles. The maximum atomic E-state index is 8.88. The third-order valence-electron chi connectivity index (χ3n) is 4.79. The average molecular weight is 284 g/mol. The summed E-state index contributed by atoms with van der Waals surface area (Å²) in [5.41, 5.74) is 6.28. The second kappa shape index (κ2) is 11.5. The van der Waals surface area contributed by atoms with Gasteiger partial charge in [-0.2, -0.15) is 0 Å². The van der Waals surface area contributed by atoms with E-state index in [2.05, 4.69) is 5.32 Å². The van der Waals surface area contributed by atoms with Crippen LogP contribution in [0.5, 0.6) is 0 Å². The van der Waals surface area contributed by atoms with Crippen LogP contribution in [0.4, 0.5) is 0 Å². The summed E-state index contributed by atoms with van der Waals surface area (Å²) in [7, 11) is 0. The zero-order valence-electron chi connectivity index (χ0n) is 13.3. The van der Waals surface area contributed by atoms with Gasteiger partial charge in [0.2, 0.25) is 0 Å². The molecule has 0 unspecified atom stereocenters. The molecule has 1 fully saturated rings. The van der Waals surface area contributed by atoms with Gasteiger partial charge in [-0.15, -0.1) is 0 Å². The quantitative estimate of drug-likeness (QED) is 0.656. The number of unbranched alkanes of at least 4 members (excludes halogenated alkanes) is 1. The van der Waals surface area contributed by atoms with Crippen LogP contribution in [0.3, 0.4) is 0 Å². The second-order valence-electron chi connectivity index (χ2n) is 6.52. The Bertz CT molecular complexity index is 204. The molecular weight excluding hydrogens is 248 g/mol. The molecule has 0 amide bonds. The summed E-state index contributed by atoms with van der Waals surface area (Å²) >= 11 is 0. The van der Waals surface area contributed by atoms with Crippen molar-refractivity contribution in [3.63, 3.8) is 0 Å². The van der Waals surface area contributed by atoms with Crippen LogP contribution in [-0.4, -0.2) is 30.3 Å². The monoisotopic (exact) mass is 284 g/mol. The first-order valence-corrected chi connectivity index (χ1v) is 8.89. The minimum Gasteiger partial charge on any atom is -0.396 e. The lowest BCUT2D eigenvalue weighted by atomic mass is 9.85. The molecule has 0 spiro atoms. The summed E-state index contributed by atoms with van der Waals surface area (Å²) in [4.78, 5) is 0. The van der Waals surface area contributed by atoms with Gasteiger partial charge in [0.1, 0.15) is 0 Å². The average Bonchev–Trinajstić information content (AvgIpc) is 2.46. The molecular formula is C17H36N2O. The number of aliphatic hydroxyl groups excluding tert-OH is 1. The van der Waals surface area contributed by atoms with Gasteiger partial charge in [-0.25, -0.2) is 0 Å². The van der Waals surface area contributed by atoms with Crippen LogP contribution < -0.4 is 11.1 Å². The third kappa shape index (κ3) is 7.61. The maximum Gasteiger partial charge on any atom is 0.0431 e. The molecule has 0 aromatic carbocycles. The fraction of sp³-hybridized carbons (Fsp3) is 1.00. The fourth-order valence-corrected chi connectivity index (χ4v) is 3.33. The Morgan fingerprint density at radius 3 is 1.75 bits per heavy atom. The van der Waals surface area contributed by atoms with E-state index in [1.165, 1.54) is 70.6 Å². The first-order valence-electron chi connectivity index (χ1n) is 8.89. The molecule has 3 nitrogen and oxygen atoms in total. The minimum atomic E-state index is 0.161. The van der Waals surface area contributed by atoms with Crippen molar-refractivity contribution < 1.29 is 5.11 Å². The van der Waals surface area contributed by atoms with Crippen LogP contribution >= 0.6 is 0 Å². The first-order chi connectivity index (χ1) is 9.83. The molecule has 1 rings (SSSR count). The van der Waals surface area contributed by atoms with E-state index < -0.39 is 0 Å². The van der Waals surface area contributed by atoms with Gasteiger partial charge in [-0.3, -0.25) is 0 Å². The lowest BCUT2D eigenvalue weighted by Crippen LogP contribution is -2.51. The van der Waals surface area contributed by atoms with E-state index in [4.69, 9.17) is 10.8 Å². The van der Waals surface area contributed by atoms with E-state index in [1.807, 2.05) is 0 Å². The fourth-order valence-electron chi connectivity index (χ4n) is 3.33. The highest BCUT2D eigenvalue weighted by Gasteiger charge is 2.26. The van der Waals surface area contributed by atoms with Gasteiger partial charge in [0.15, 0.2) is 0 Å². The highest BCUT2D eigenvalue weighted by molar-refractivity contribution is 4.89. The summed E-state index contributed by atoms with van der Waals surface area (Å²) in [6.45, 7) is 2.06. The molecule has 0 radical (unpaired) electrons. The second-order valence-corrected chi connectivity index (χ2v) is 6.52. The molecule has 3 heteroatoms. The number of rotatable bonds is 6. The highest BCUT2D eigenvalue weighted by Crippen LogP contribution is 2.24. The molecule has 0 aromatic heterocycles. The molecule has 0 aromatic rings. The summed E-state index contributed by atoms with van der Waals surface area (Å²) < 4.78 is 0. The molecule has 0 atom stereocenters. The Balaban J connectivity index is 2.42. The van der Waals surface area contributed by atoms with E-state index in [1.54, 1.807) is 0 Å². The van der Waals surface area contributed by atoms with Gasteiger partial charge in [0, 0.05) is 18.7 Å². The van der Waals surface area contributed by atoms with Crippen molar-refractivity contribution in [2.45, 2.75) is 89.0 Å². The standard InChI is InChI=1S/C17H36N2O/c18-16-17(19-14-10-11-15-20)12-8-6-4-2-1-3-5-7-9-13-17/h19-20H,1-16,18H2. The van der Waals surface area contributed by atoms with Crippen LogP contribution in [0.15, 0.2) is 0 Å². The van der Waals surface area contributed by atoms with Crippen LogP contribution in [0.1, 0.15) is 83.5 Å². The van der Waals surface area contributed by atoms with E-state index in [9.17, 15) is 0 Å². The van der Waals surface area contributed by atoms with Crippen molar-refractivity contribution in [2.24, 2.45) is 5.73 Å². The molecule has 0 saturated heterocycles. The summed E-state index contributed by atoms with van der Waals surface area (Å²) in [5, 5.41) is 12.6. The van der Waals surface area contributed by atoms with Crippen molar-refractivity contribution in [3.05, 3.63) is 0 Å². The zero-order valence-corrected chi connectivity index (χ0v) is 13.3. The summed E-state index contributed by atoms with van der Waals surface area (Å²) in [6, 6.07) is 0. The molecule has 1 saturated carbocycles. The number of aliphatic hydroxyl groups is 1. The van der Waals surface area contributed by atoms with Gasteiger partial charge in [0.05, 0.1) is 0 Å². The molecule has 0 bridgehead atoms. The Labute approximate surface area is 125 Å². The first kappa shape index (κ1) is 17.9. The molecule has 4 N–H and O–H groups in total. The maximum absolute atomic E-state index is 8.88. The van der Waals surface area contributed by atoms with Gasteiger partial charge in [-0.1, -0.05) is 57.8 Å². The summed E-state index contributed by atoms with van der Waals surface area (Å²) in [6.07, 6.45) is 16.8. The summed E-state index contributed by atoms with van der Waals surface area (Å²) in [5.74, 6) is 0. The molecule has 1 aliphatic carbocycles. The van der Waals surface area contributed by atoms with E-state index in [-0.39, 0.29) is 5.54 Å². The normalized spacial score (nSPS) is 21.9. The molecule has 1 aliphatic rings. The zero-order chi connectivity index (χ0) is 14.5. The lowest BCUT2D eigenvalue weighted by Gasteiger charge is -2.35. The van der Waals surface area contributed by atoms with Crippen LogP contribution in [0.25, 0.3) is 0 Å². The SMILES string of the molecule is NCC1(NCCCCO)CCCCCCCCCCC1. The molecule has 0 heterocycles. The minimum absolute atomic E-state index is 0.161. The van der Waals surface area contributed by atoms with Gasteiger partial charge in [-0.05, 0) is 32.2 Å². The van der Waals surface area contributed by atoms with Crippen molar-refractivity contribution in [3.8, 4) is 0 Å². The Morgan fingerprint density at radius 1 is 0.800 bits per heavy atom. The number of nitrogens with two attached hydrogens (primary N) is 1. The van der Waals surface area contributed by atoms with E-state index in [0.717, 1.165) is 25.9 Å². The van der Waals surface area contributed by atoms with Crippen LogP contribution in [0.2, 0.25) is 0 Å². The Kier molecular flexibility index (Phi) is 10.3.